The standard InChI is InChI=1S/C23H26N2O8S/c1-30-19-8-6-17(14-21(19)34(28,29)25-9-3-2-4-10-25)24-22(26)15-33-23(27)16-5-7-18-20(13-16)32-12-11-31-18/h5-8,13-14H,2-4,9-12,15H2,1H3,(H,24,26). The van der Waals surface area contributed by atoms with Crippen molar-refractivity contribution in [3.63, 3.8) is 0 Å². The highest BCUT2D eigenvalue weighted by Crippen LogP contribution is 2.32. The minimum atomic E-state index is -3.78. The first-order chi connectivity index (χ1) is 16.4. The third kappa shape index (κ3) is 5.26. The fourth-order valence-corrected chi connectivity index (χ4v) is 5.48. The molecule has 1 saturated heterocycles. The van der Waals surface area contributed by atoms with Crippen LogP contribution in [0.2, 0.25) is 0 Å². The summed E-state index contributed by atoms with van der Waals surface area (Å²) in [7, 11) is -2.39. The zero-order chi connectivity index (χ0) is 24.1. The normalized spacial score (nSPS) is 15.9. The van der Waals surface area contributed by atoms with Gasteiger partial charge in [0.05, 0.1) is 12.7 Å². The van der Waals surface area contributed by atoms with E-state index in [2.05, 4.69) is 5.32 Å². The summed E-state index contributed by atoms with van der Waals surface area (Å²) in [5.41, 5.74) is 0.466. The third-order valence-corrected chi connectivity index (χ3v) is 7.41. The molecule has 182 valence electrons. The van der Waals surface area contributed by atoms with Crippen molar-refractivity contribution < 1.29 is 37.0 Å². The molecule has 2 aromatic rings. The number of hydrogen-bond acceptors (Lipinski definition) is 8. The van der Waals surface area contributed by atoms with Crippen LogP contribution in [-0.4, -0.2) is 64.6 Å². The lowest BCUT2D eigenvalue weighted by atomic mass is 10.2. The molecule has 0 aliphatic carbocycles. The predicted molar refractivity (Wildman–Crippen MR) is 122 cm³/mol. The summed E-state index contributed by atoms with van der Waals surface area (Å²) in [4.78, 5) is 24.7. The van der Waals surface area contributed by atoms with Crippen molar-refractivity contribution in [1.29, 1.82) is 0 Å². The summed E-state index contributed by atoms with van der Waals surface area (Å²) in [5.74, 6) is -0.151. The van der Waals surface area contributed by atoms with Gasteiger partial charge in [-0.2, -0.15) is 4.31 Å². The van der Waals surface area contributed by atoms with Crippen LogP contribution in [0.4, 0.5) is 5.69 Å². The van der Waals surface area contributed by atoms with E-state index in [0.29, 0.717) is 37.8 Å². The third-order valence-electron chi connectivity index (χ3n) is 5.49. The van der Waals surface area contributed by atoms with Gasteiger partial charge in [0.2, 0.25) is 10.0 Å². The second-order valence-corrected chi connectivity index (χ2v) is 9.72. The Balaban J connectivity index is 1.41. The van der Waals surface area contributed by atoms with Crippen LogP contribution in [0.3, 0.4) is 0 Å². The highest BCUT2D eigenvalue weighted by molar-refractivity contribution is 7.89. The fraction of sp³-hybridized carbons (Fsp3) is 0.391. The topological polar surface area (TPSA) is 120 Å². The molecule has 2 aromatic carbocycles. The van der Waals surface area contributed by atoms with Crippen molar-refractivity contribution in [3.05, 3.63) is 42.0 Å². The molecule has 0 radical (unpaired) electrons. The number of ether oxygens (including phenoxy) is 4. The molecular formula is C23H26N2O8S. The molecule has 4 rings (SSSR count). The largest absolute Gasteiger partial charge is 0.495 e. The molecule has 2 aliphatic heterocycles. The molecule has 10 nitrogen and oxygen atoms in total. The number of sulfonamides is 1. The summed E-state index contributed by atoms with van der Waals surface area (Å²) < 4.78 is 48.9. The van der Waals surface area contributed by atoms with Gasteiger partial charge in [-0.15, -0.1) is 0 Å². The number of carbonyl (C=O) groups excluding carboxylic acids is 2. The monoisotopic (exact) mass is 490 g/mol. The van der Waals surface area contributed by atoms with Crippen molar-refractivity contribution in [1.82, 2.24) is 4.31 Å². The van der Waals surface area contributed by atoms with Gasteiger partial charge < -0.3 is 24.3 Å². The maximum atomic E-state index is 13.1. The Morgan fingerprint density at radius 3 is 2.47 bits per heavy atom. The molecule has 1 amide bonds. The summed E-state index contributed by atoms with van der Waals surface area (Å²) in [5, 5.41) is 2.57. The van der Waals surface area contributed by atoms with Crippen LogP contribution in [0.1, 0.15) is 29.6 Å². The summed E-state index contributed by atoms with van der Waals surface area (Å²) in [6, 6.07) is 8.98. The second-order valence-electron chi connectivity index (χ2n) is 7.81. The van der Waals surface area contributed by atoms with Gasteiger partial charge >= 0.3 is 5.97 Å². The summed E-state index contributed by atoms with van der Waals surface area (Å²) in [6.07, 6.45) is 2.59. The minimum absolute atomic E-state index is 0.0250. The van der Waals surface area contributed by atoms with Crippen LogP contribution in [-0.2, 0) is 19.6 Å². The highest BCUT2D eigenvalue weighted by Gasteiger charge is 2.29. The van der Waals surface area contributed by atoms with Gasteiger partial charge in [-0.25, -0.2) is 13.2 Å². The van der Waals surface area contributed by atoms with Gasteiger partial charge in [0.25, 0.3) is 5.91 Å². The molecule has 34 heavy (non-hydrogen) atoms. The number of rotatable bonds is 7. The number of methoxy groups -OCH3 is 1. The summed E-state index contributed by atoms with van der Waals surface area (Å²) in [6.45, 7) is 1.15. The Hall–Kier alpha value is -3.31. The Labute approximate surface area is 197 Å². The molecule has 1 N–H and O–H groups in total. The molecular weight excluding hydrogens is 464 g/mol. The van der Waals surface area contributed by atoms with Crippen molar-refractivity contribution in [2.24, 2.45) is 0 Å². The SMILES string of the molecule is COc1ccc(NC(=O)COC(=O)c2ccc3c(c2)OCCO3)cc1S(=O)(=O)N1CCCCC1. The van der Waals surface area contributed by atoms with Crippen molar-refractivity contribution in [2.45, 2.75) is 24.2 Å². The number of amides is 1. The Morgan fingerprint density at radius 2 is 1.74 bits per heavy atom. The molecule has 2 heterocycles. The van der Waals surface area contributed by atoms with Gasteiger partial charge in [-0.1, -0.05) is 6.42 Å². The number of fused-ring (bicyclic) bond motifs is 1. The molecule has 0 saturated carbocycles. The zero-order valence-electron chi connectivity index (χ0n) is 18.7. The van der Waals surface area contributed by atoms with Gasteiger partial charge in [-0.3, -0.25) is 4.79 Å². The van der Waals surface area contributed by atoms with E-state index in [1.807, 2.05) is 0 Å². The number of hydrogen-bond donors (Lipinski definition) is 1. The van der Waals surface area contributed by atoms with Crippen LogP contribution in [0, 0.1) is 0 Å². The van der Waals surface area contributed by atoms with Crippen LogP contribution >= 0.6 is 0 Å². The van der Waals surface area contributed by atoms with Gasteiger partial charge in [-0.05, 0) is 49.2 Å². The molecule has 2 aliphatic rings. The van der Waals surface area contributed by atoms with Crippen LogP contribution in [0.25, 0.3) is 0 Å². The van der Waals surface area contributed by atoms with E-state index in [1.165, 1.54) is 41.7 Å². The number of nitrogens with zero attached hydrogens (tertiary/aromatic N) is 1. The first kappa shape index (κ1) is 23.8. The van der Waals surface area contributed by atoms with Crippen LogP contribution in [0.15, 0.2) is 41.3 Å². The average molecular weight is 491 g/mol. The lowest BCUT2D eigenvalue weighted by Crippen LogP contribution is -2.35. The molecule has 0 atom stereocenters. The predicted octanol–water partition coefficient (Wildman–Crippen LogP) is 2.44. The molecule has 0 unspecified atom stereocenters. The number of esters is 1. The Morgan fingerprint density at radius 1 is 1.00 bits per heavy atom. The zero-order valence-corrected chi connectivity index (χ0v) is 19.6. The van der Waals surface area contributed by atoms with Crippen LogP contribution < -0.4 is 19.5 Å². The smallest absolute Gasteiger partial charge is 0.338 e. The van der Waals surface area contributed by atoms with E-state index in [9.17, 15) is 18.0 Å². The highest BCUT2D eigenvalue weighted by atomic mass is 32.2. The molecule has 0 bridgehead atoms. The van der Waals surface area contributed by atoms with E-state index in [4.69, 9.17) is 18.9 Å². The number of carbonyl (C=O) groups is 2. The van der Waals surface area contributed by atoms with Crippen molar-refractivity contribution in [3.8, 4) is 17.2 Å². The van der Waals surface area contributed by atoms with Gasteiger partial charge in [0, 0.05) is 18.8 Å². The van der Waals surface area contributed by atoms with E-state index < -0.39 is 28.5 Å². The Bertz CT molecular complexity index is 1180. The van der Waals surface area contributed by atoms with E-state index >= 15 is 0 Å². The van der Waals surface area contributed by atoms with Gasteiger partial charge in [0.15, 0.2) is 18.1 Å². The van der Waals surface area contributed by atoms with E-state index in [-0.39, 0.29) is 21.9 Å². The minimum Gasteiger partial charge on any atom is -0.495 e. The first-order valence-corrected chi connectivity index (χ1v) is 12.4. The van der Waals surface area contributed by atoms with Gasteiger partial charge in [0.1, 0.15) is 23.9 Å². The average Bonchev–Trinajstić information content (AvgIpc) is 2.87. The van der Waals surface area contributed by atoms with Crippen LogP contribution in [0.5, 0.6) is 17.2 Å². The lowest BCUT2D eigenvalue weighted by molar-refractivity contribution is -0.119. The molecule has 0 spiro atoms. The quantitative estimate of drug-likeness (QED) is 0.588. The number of nitrogens with one attached hydrogen (secondary N) is 1. The van der Waals surface area contributed by atoms with E-state index in [1.54, 1.807) is 6.07 Å². The molecule has 11 heteroatoms. The number of benzene rings is 2. The Kier molecular flexibility index (Phi) is 7.23. The maximum Gasteiger partial charge on any atom is 0.338 e. The number of anilines is 1. The fourth-order valence-electron chi connectivity index (χ4n) is 3.78. The lowest BCUT2D eigenvalue weighted by Gasteiger charge is -2.26. The van der Waals surface area contributed by atoms with Crippen molar-refractivity contribution in [2.75, 3.05) is 45.3 Å². The second kappa shape index (κ2) is 10.3. The summed E-state index contributed by atoms with van der Waals surface area (Å²) >= 11 is 0. The number of piperidine rings is 1. The maximum absolute atomic E-state index is 13.1. The molecule has 0 aromatic heterocycles. The molecule has 1 fully saturated rings. The van der Waals surface area contributed by atoms with Crippen molar-refractivity contribution >= 4 is 27.6 Å². The first-order valence-electron chi connectivity index (χ1n) is 10.9. The van der Waals surface area contributed by atoms with E-state index in [0.717, 1.165) is 19.3 Å².